The van der Waals surface area contributed by atoms with Crippen LogP contribution >= 0.6 is 0 Å². The molecule has 2 N–H and O–H groups in total. The normalized spacial score (nSPS) is 18.0. The molecule has 6 aliphatic rings. The van der Waals surface area contributed by atoms with Gasteiger partial charge in [0, 0.05) is 123 Å². The molecular weight excluding hydrogens is 1690 g/mol. The van der Waals surface area contributed by atoms with E-state index in [2.05, 4.69) is 417 Å². The summed E-state index contributed by atoms with van der Waals surface area (Å²) >= 11 is 0. The molecule has 12 nitrogen and oxygen atoms in total. The molecule has 0 atom stereocenters. The number of unbranched alkanes of at least 4 members (excludes halogenated alkanes) is 6. The molecule has 2 aliphatic carbocycles. The van der Waals surface area contributed by atoms with Crippen molar-refractivity contribution in [1.82, 2.24) is 0 Å². The first-order chi connectivity index (χ1) is 64.6. The Labute approximate surface area is 791 Å². The van der Waals surface area contributed by atoms with Gasteiger partial charge in [-0.1, -0.05) is 267 Å². The average Bonchev–Trinajstić information content (AvgIpc) is 1.58. The zero-order chi connectivity index (χ0) is 93.2. The lowest BCUT2D eigenvalue weighted by Gasteiger charge is -2.32. The number of anilines is 2. The van der Waals surface area contributed by atoms with Crippen LogP contribution in [0.25, 0.3) is 65.4 Å². The van der Waals surface area contributed by atoms with Gasteiger partial charge in [0.25, 0.3) is 20.2 Å². The van der Waals surface area contributed by atoms with Gasteiger partial charge in [-0.3, -0.25) is 9.11 Å². The molecular formula is C120H120N4O8S2+2. The fourth-order valence-corrected chi connectivity index (χ4v) is 23.8. The van der Waals surface area contributed by atoms with Crippen LogP contribution in [0.2, 0.25) is 0 Å². The van der Waals surface area contributed by atoms with Crippen LogP contribution in [-0.4, -0.2) is 84.2 Å². The molecule has 0 fully saturated rings. The molecule has 4 heterocycles. The number of hydrogen-bond donors (Lipinski definition) is 2. The molecule has 678 valence electrons. The van der Waals surface area contributed by atoms with Crippen LogP contribution in [0.3, 0.4) is 0 Å². The Balaban J connectivity index is 0.724. The van der Waals surface area contributed by atoms with E-state index in [0.717, 1.165) is 158 Å². The van der Waals surface area contributed by atoms with Crippen LogP contribution in [-0.2, 0) is 47.3 Å². The molecule has 134 heavy (non-hydrogen) atoms. The third kappa shape index (κ3) is 16.5. The van der Waals surface area contributed by atoms with Crippen LogP contribution in [0.15, 0.2) is 345 Å². The van der Waals surface area contributed by atoms with Gasteiger partial charge in [-0.15, -0.1) is 0 Å². The summed E-state index contributed by atoms with van der Waals surface area (Å²) < 4.78 is 89.2. The van der Waals surface area contributed by atoms with E-state index in [0.29, 0.717) is 50.3 Å². The average molecular weight is 1810 g/mol. The molecule has 0 bridgehead atoms. The maximum atomic E-state index is 12.2. The Morgan fingerprint density at radius 2 is 0.679 bits per heavy atom. The van der Waals surface area contributed by atoms with Crippen molar-refractivity contribution >= 4 is 120 Å². The molecule has 13 aromatic carbocycles. The van der Waals surface area contributed by atoms with Crippen LogP contribution in [0, 0.1) is 0 Å². The minimum Gasteiger partial charge on any atom is -0.456 e. The van der Waals surface area contributed by atoms with Crippen LogP contribution < -0.4 is 19.3 Å². The summed E-state index contributed by atoms with van der Waals surface area (Å²) in [6.07, 6.45) is 26.6. The Kier molecular flexibility index (Phi) is 24.4. The monoisotopic (exact) mass is 1810 g/mol. The van der Waals surface area contributed by atoms with Crippen molar-refractivity contribution < 1.29 is 44.6 Å². The lowest BCUT2D eigenvalue weighted by Crippen LogP contribution is -2.28. The number of hydrogen-bond acceptors (Lipinski definition) is 8. The fraction of sp³-hybridized carbons (Fsp3) is 0.267. The molecule has 0 radical (unpaired) electrons. The Bertz CT molecular complexity index is 7040. The highest BCUT2D eigenvalue weighted by Crippen LogP contribution is 2.56. The minimum absolute atomic E-state index is 0.305. The van der Waals surface area contributed by atoms with Crippen molar-refractivity contribution in [2.45, 2.75) is 167 Å². The summed E-state index contributed by atoms with van der Waals surface area (Å²) in [5, 5.41) is 9.61. The SMILES string of the molecule is CCCCC[N+]1=C(/C=C/C2=C(Oc3ccc(C(C)(c4ccccc4)c4ccc(OC5=C(/C=C/C6=[N+](CCCCC)c7ccc8ccccc8c7C6(C)C)c6ccccc6/C5=C\C=C5\N(CCCCS(=O)(=O)O)c6ccc7ccccc7c6C5(C)C)cc4)cc3)C(=C/C=C3/N(CCCCS(=O)(=O)O)c4ccc5ccccc5c4C3(C)C)/c3ccccc32)C(C)(C)c2c1ccc1ccccc21. The Morgan fingerprint density at radius 3 is 1.05 bits per heavy atom. The minimum atomic E-state index is -4.16. The lowest BCUT2D eigenvalue weighted by molar-refractivity contribution is -0.438. The van der Waals surface area contributed by atoms with Gasteiger partial charge >= 0.3 is 0 Å². The molecule has 0 aromatic heterocycles. The van der Waals surface area contributed by atoms with E-state index in [9.17, 15) is 25.9 Å². The fourth-order valence-electron chi connectivity index (χ4n) is 22.7. The van der Waals surface area contributed by atoms with Crippen molar-refractivity contribution in [3.8, 4) is 11.5 Å². The Morgan fingerprint density at radius 1 is 0.343 bits per heavy atom. The van der Waals surface area contributed by atoms with Crippen molar-refractivity contribution in [3.63, 3.8) is 0 Å². The van der Waals surface area contributed by atoms with E-state index in [-0.39, 0.29) is 22.3 Å². The number of ether oxygens (including phenoxy) is 2. The second-order valence-corrected chi connectivity index (χ2v) is 42.4. The van der Waals surface area contributed by atoms with E-state index >= 15 is 0 Å². The number of rotatable bonds is 31. The number of allylic oxidation sites excluding steroid dienone is 14. The molecule has 0 amide bonds. The zero-order valence-corrected chi connectivity index (χ0v) is 80.5. The van der Waals surface area contributed by atoms with Crippen molar-refractivity contribution in [1.29, 1.82) is 0 Å². The van der Waals surface area contributed by atoms with Crippen LogP contribution in [0.4, 0.5) is 22.7 Å². The molecule has 0 saturated heterocycles. The molecule has 0 saturated carbocycles. The van der Waals surface area contributed by atoms with Gasteiger partial charge in [0.2, 0.25) is 11.4 Å². The lowest BCUT2D eigenvalue weighted by atomic mass is 9.71. The standard InChI is InChI=1S/C120H118N4O8S2/c1-12-14-31-75-121-102-67-51-81-37-19-23-43-90(81)110(102)116(3,4)106(121)71-63-98-94-47-27-29-49-96(94)100(65-73-108-118(7,8)112-92-45-25-21-39-83(92)53-69-104(112)123(108)77-33-35-79-133(125,126)127)114(98)131-88-59-55-86(56-60-88)120(11,85-41-17-16-18-42-85)87-57-61-89(62-58-87)132-115-99(64-72-107-117(5,6)111-91-44-24-20-38-82(91)52-68-103(111)122(107)76-32-15-13-2)95-48-28-30-50-97(95)101(115)66-74-109-119(9,10)113-93-46-26-22-40-84(93)54-70-105(113)124(109)78-34-36-80-134(128,129)130/h16-30,37-74H,12-15,31-36,75-80H2,1-11H3/p+2. The van der Waals surface area contributed by atoms with E-state index in [1.54, 1.807) is 0 Å². The van der Waals surface area contributed by atoms with E-state index in [1.807, 2.05) is 0 Å². The van der Waals surface area contributed by atoms with Gasteiger partial charge in [-0.2, -0.15) is 26.0 Å². The molecule has 0 spiro atoms. The third-order valence-electron chi connectivity index (χ3n) is 29.3. The first-order valence-corrected chi connectivity index (χ1v) is 51.2. The predicted molar refractivity (Wildman–Crippen MR) is 556 cm³/mol. The zero-order valence-electron chi connectivity index (χ0n) is 78.9. The van der Waals surface area contributed by atoms with Crippen molar-refractivity contribution in [3.05, 3.63) is 406 Å². The van der Waals surface area contributed by atoms with Gasteiger partial charge < -0.3 is 19.3 Å². The summed E-state index contributed by atoms with van der Waals surface area (Å²) in [5.74, 6) is 2.15. The van der Waals surface area contributed by atoms with Gasteiger partial charge in [0.1, 0.15) is 36.1 Å². The number of nitrogens with zero attached hydrogens (tertiary/aromatic N) is 4. The first kappa shape index (κ1) is 90.4. The maximum Gasteiger partial charge on any atom is 0.264 e. The van der Waals surface area contributed by atoms with Crippen LogP contribution in [0.1, 0.15) is 202 Å². The summed E-state index contributed by atoms with van der Waals surface area (Å²) in [7, 11) is -8.33. The van der Waals surface area contributed by atoms with Crippen molar-refractivity contribution in [2.75, 3.05) is 47.5 Å². The topological polar surface area (TPSA) is 140 Å². The van der Waals surface area contributed by atoms with Crippen molar-refractivity contribution in [2.24, 2.45) is 0 Å². The largest absolute Gasteiger partial charge is 0.456 e. The predicted octanol–water partition coefficient (Wildman–Crippen LogP) is 28.4. The second-order valence-electron chi connectivity index (χ2n) is 39.3. The molecule has 13 aromatic rings. The molecule has 4 aliphatic heterocycles. The summed E-state index contributed by atoms with van der Waals surface area (Å²) in [4.78, 5) is 4.72. The highest BCUT2D eigenvalue weighted by atomic mass is 32.2. The van der Waals surface area contributed by atoms with E-state index < -0.39 is 36.5 Å². The quantitative estimate of drug-likeness (QED) is 0.0187. The van der Waals surface area contributed by atoms with Gasteiger partial charge in [0.05, 0.1) is 22.3 Å². The van der Waals surface area contributed by atoms with Gasteiger partial charge in [-0.25, -0.2) is 0 Å². The number of fused-ring (bicyclic) bond motifs is 14. The van der Waals surface area contributed by atoms with Gasteiger partial charge in [0.15, 0.2) is 11.4 Å². The maximum absolute atomic E-state index is 12.2. The Hall–Kier alpha value is -12.8. The van der Waals surface area contributed by atoms with Crippen LogP contribution in [0.5, 0.6) is 11.5 Å². The summed E-state index contributed by atoms with van der Waals surface area (Å²) in [6, 6.07) is 98.1. The number of benzene rings is 13. The third-order valence-corrected chi connectivity index (χ3v) is 30.9. The highest BCUT2D eigenvalue weighted by Gasteiger charge is 2.49. The summed E-state index contributed by atoms with van der Waals surface area (Å²) in [6.45, 7) is 28.4. The molecule has 0 unspecified atom stereocenters. The van der Waals surface area contributed by atoms with E-state index in [1.165, 1.54) is 77.4 Å². The smallest absolute Gasteiger partial charge is 0.264 e. The highest BCUT2D eigenvalue weighted by molar-refractivity contribution is 7.86. The second kappa shape index (κ2) is 36.2. The van der Waals surface area contributed by atoms with E-state index in [4.69, 9.17) is 9.47 Å². The first-order valence-electron chi connectivity index (χ1n) is 47.9. The van der Waals surface area contributed by atoms with Gasteiger partial charge in [-0.05, 0) is 251 Å². The molecule has 14 heteroatoms. The molecule has 19 rings (SSSR count). The summed E-state index contributed by atoms with van der Waals surface area (Å²) in [5.41, 5.74) is 23.0.